The summed E-state index contributed by atoms with van der Waals surface area (Å²) in [5, 5.41) is 9.85. The highest BCUT2D eigenvalue weighted by Gasteiger charge is 2.13. The number of hydrogen-bond acceptors (Lipinski definition) is 4. The summed E-state index contributed by atoms with van der Waals surface area (Å²) < 4.78 is 20.8. The summed E-state index contributed by atoms with van der Waals surface area (Å²) in [5.74, 6) is -0.378. The number of halogens is 1. The summed E-state index contributed by atoms with van der Waals surface area (Å²) >= 11 is 1.51. The largest absolute Gasteiger partial charge is 0.489 e. The molecule has 0 spiro atoms. The number of fused-ring (bicyclic) bond motifs is 1. The number of thiazole rings is 1. The lowest BCUT2D eigenvalue weighted by Crippen LogP contribution is -2.03. The zero-order chi connectivity index (χ0) is 19.6. The molecule has 2 aromatic carbocycles. The van der Waals surface area contributed by atoms with Gasteiger partial charge in [0.05, 0.1) is 15.2 Å². The van der Waals surface area contributed by atoms with Crippen LogP contribution >= 0.6 is 11.3 Å². The highest BCUT2D eigenvalue weighted by molar-refractivity contribution is 7.18. The smallest absolute Gasteiger partial charge is 0.303 e. The van der Waals surface area contributed by atoms with E-state index < -0.39 is 5.97 Å². The van der Waals surface area contributed by atoms with E-state index in [-0.39, 0.29) is 18.8 Å². The van der Waals surface area contributed by atoms with Gasteiger partial charge in [0, 0.05) is 12.0 Å². The molecule has 1 heterocycles. The number of benzene rings is 2. The van der Waals surface area contributed by atoms with Gasteiger partial charge in [-0.3, -0.25) is 4.79 Å². The molecule has 0 atom stereocenters. The van der Waals surface area contributed by atoms with Crippen LogP contribution in [0.15, 0.2) is 24.3 Å². The van der Waals surface area contributed by atoms with Crippen LogP contribution in [-0.2, 0) is 24.2 Å². The first-order valence-electron chi connectivity index (χ1n) is 8.90. The van der Waals surface area contributed by atoms with Gasteiger partial charge < -0.3 is 9.84 Å². The maximum absolute atomic E-state index is 14.0. The van der Waals surface area contributed by atoms with Crippen LogP contribution in [0.4, 0.5) is 4.39 Å². The average Bonchev–Trinajstić information content (AvgIpc) is 3.04. The molecule has 3 rings (SSSR count). The Morgan fingerprint density at radius 1 is 1.22 bits per heavy atom. The molecule has 0 radical (unpaired) electrons. The third kappa shape index (κ3) is 4.27. The minimum Gasteiger partial charge on any atom is -0.489 e. The van der Waals surface area contributed by atoms with Crippen LogP contribution in [0.3, 0.4) is 0 Å². The number of rotatable bonds is 7. The molecule has 1 N–H and O–H groups in total. The molecule has 27 heavy (non-hydrogen) atoms. The lowest BCUT2D eigenvalue weighted by Gasteiger charge is -2.14. The number of aromatic nitrogens is 1. The summed E-state index contributed by atoms with van der Waals surface area (Å²) in [6.07, 6.45) is 1.41. The van der Waals surface area contributed by atoms with Gasteiger partial charge in [0.25, 0.3) is 0 Å². The standard InChI is InChI=1S/C21H22FNO3S/c1-4-19-23-21-15(9-16(22)10-18(21)27-19)11-26-17-7-5-14(6-8-20(24)25)12(2)13(17)3/h5,7,9-10H,4,6,8,11H2,1-3H3,(H,24,25). The van der Waals surface area contributed by atoms with Crippen LogP contribution in [0.2, 0.25) is 0 Å². The van der Waals surface area contributed by atoms with E-state index in [1.807, 2.05) is 32.9 Å². The van der Waals surface area contributed by atoms with E-state index in [2.05, 4.69) is 4.98 Å². The van der Waals surface area contributed by atoms with Crippen LogP contribution in [0.1, 0.15) is 40.6 Å². The number of aliphatic carboxylic acids is 1. The number of nitrogens with zero attached hydrogens (tertiary/aromatic N) is 1. The molecule has 3 aromatic rings. The van der Waals surface area contributed by atoms with E-state index in [0.29, 0.717) is 6.42 Å². The quantitative estimate of drug-likeness (QED) is 0.604. The molecule has 4 nitrogen and oxygen atoms in total. The zero-order valence-corrected chi connectivity index (χ0v) is 16.5. The Morgan fingerprint density at radius 2 is 2.00 bits per heavy atom. The molecule has 142 valence electrons. The summed E-state index contributed by atoms with van der Waals surface area (Å²) in [4.78, 5) is 15.4. The molecule has 0 saturated carbocycles. The van der Waals surface area contributed by atoms with Gasteiger partial charge in [-0.1, -0.05) is 13.0 Å². The lowest BCUT2D eigenvalue weighted by atomic mass is 9.99. The number of carbonyl (C=O) groups is 1. The average molecular weight is 387 g/mol. The van der Waals surface area contributed by atoms with E-state index >= 15 is 0 Å². The lowest BCUT2D eigenvalue weighted by molar-refractivity contribution is -0.136. The molecule has 1 aromatic heterocycles. The SMILES string of the molecule is CCc1nc2c(COc3ccc(CCC(=O)O)c(C)c3C)cc(F)cc2s1. The number of ether oxygens (including phenoxy) is 1. The van der Waals surface area contributed by atoms with Crippen molar-refractivity contribution in [3.63, 3.8) is 0 Å². The number of aryl methyl sites for hydroxylation is 2. The second kappa shape index (κ2) is 8.05. The van der Waals surface area contributed by atoms with Gasteiger partial charge >= 0.3 is 5.97 Å². The first-order chi connectivity index (χ1) is 12.9. The highest BCUT2D eigenvalue weighted by Crippen LogP contribution is 2.29. The molecule has 6 heteroatoms. The molecular formula is C21H22FNO3S. The Kier molecular flexibility index (Phi) is 5.75. The van der Waals surface area contributed by atoms with Crippen molar-refractivity contribution in [1.29, 1.82) is 0 Å². The van der Waals surface area contributed by atoms with Crippen LogP contribution in [0.25, 0.3) is 10.2 Å². The molecule has 0 fully saturated rings. The number of hydrogen-bond donors (Lipinski definition) is 1. The summed E-state index contributed by atoms with van der Waals surface area (Å²) in [7, 11) is 0. The van der Waals surface area contributed by atoms with E-state index in [4.69, 9.17) is 9.84 Å². The minimum absolute atomic E-state index is 0.103. The Morgan fingerprint density at radius 3 is 2.70 bits per heavy atom. The number of carboxylic acid groups (broad SMARTS) is 1. The molecule has 0 aliphatic heterocycles. The molecule has 0 aliphatic carbocycles. The van der Waals surface area contributed by atoms with E-state index in [9.17, 15) is 9.18 Å². The Labute approximate surface area is 161 Å². The molecule has 0 unspecified atom stereocenters. The molecule has 0 bridgehead atoms. The van der Waals surface area contributed by atoms with Gasteiger partial charge in [-0.2, -0.15) is 0 Å². The van der Waals surface area contributed by atoms with Crippen molar-refractivity contribution in [2.24, 2.45) is 0 Å². The Hall–Kier alpha value is -2.47. The van der Waals surface area contributed by atoms with Gasteiger partial charge in [-0.05, 0) is 61.6 Å². The van der Waals surface area contributed by atoms with Gasteiger partial charge in [0.2, 0.25) is 0 Å². The van der Waals surface area contributed by atoms with Crippen LogP contribution in [0.5, 0.6) is 5.75 Å². The molecular weight excluding hydrogens is 365 g/mol. The van der Waals surface area contributed by atoms with Crippen molar-refractivity contribution >= 4 is 27.5 Å². The monoisotopic (exact) mass is 387 g/mol. The summed E-state index contributed by atoms with van der Waals surface area (Å²) in [6.45, 7) is 6.18. The van der Waals surface area contributed by atoms with Gasteiger partial charge in [0.1, 0.15) is 18.2 Å². The van der Waals surface area contributed by atoms with Crippen molar-refractivity contribution in [3.05, 3.63) is 57.3 Å². The van der Waals surface area contributed by atoms with Gasteiger partial charge in [-0.25, -0.2) is 9.37 Å². The van der Waals surface area contributed by atoms with Crippen molar-refractivity contribution in [2.75, 3.05) is 0 Å². The fourth-order valence-corrected chi connectivity index (χ4v) is 4.02. The Balaban J connectivity index is 1.82. The first-order valence-corrected chi connectivity index (χ1v) is 9.72. The summed E-state index contributed by atoms with van der Waals surface area (Å²) in [6, 6.07) is 6.75. The van der Waals surface area contributed by atoms with Crippen molar-refractivity contribution in [2.45, 2.75) is 46.6 Å². The summed E-state index contributed by atoms with van der Waals surface area (Å²) in [5.41, 5.74) is 4.53. The normalized spacial score (nSPS) is 11.1. The van der Waals surface area contributed by atoms with E-state index in [0.717, 1.165) is 49.6 Å². The topological polar surface area (TPSA) is 59.4 Å². The minimum atomic E-state index is -0.808. The number of carboxylic acids is 1. The van der Waals surface area contributed by atoms with E-state index in [1.165, 1.54) is 23.5 Å². The molecule has 0 aliphatic rings. The van der Waals surface area contributed by atoms with Crippen LogP contribution in [0, 0.1) is 19.7 Å². The predicted molar refractivity (Wildman–Crippen MR) is 105 cm³/mol. The third-order valence-electron chi connectivity index (χ3n) is 4.73. The van der Waals surface area contributed by atoms with Crippen molar-refractivity contribution in [3.8, 4) is 5.75 Å². The predicted octanol–water partition coefficient (Wildman–Crippen LogP) is 5.21. The second-order valence-corrected chi connectivity index (χ2v) is 7.64. The zero-order valence-electron chi connectivity index (χ0n) is 15.6. The maximum Gasteiger partial charge on any atom is 0.303 e. The van der Waals surface area contributed by atoms with Crippen LogP contribution < -0.4 is 4.74 Å². The van der Waals surface area contributed by atoms with E-state index in [1.54, 1.807) is 0 Å². The van der Waals surface area contributed by atoms with Crippen molar-refractivity contribution in [1.82, 2.24) is 4.98 Å². The third-order valence-corrected chi connectivity index (χ3v) is 5.87. The highest BCUT2D eigenvalue weighted by atomic mass is 32.1. The van der Waals surface area contributed by atoms with Crippen molar-refractivity contribution < 1.29 is 19.0 Å². The molecule has 0 amide bonds. The first kappa shape index (κ1) is 19.3. The molecule has 0 saturated heterocycles. The fourth-order valence-electron chi connectivity index (χ4n) is 3.04. The second-order valence-electron chi connectivity index (χ2n) is 6.53. The van der Waals surface area contributed by atoms with Gasteiger partial charge in [-0.15, -0.1) is 11.3 Å². The van der Waals surface area contributed by atoms with Gasteiger partial charge in [0.15, 0.2) is 0 Å². The Bertz CT molecular complexity index is 997. The maximum atomic E-state index is 14.0. The van der Waals surface area contributed by atoms with Crippen LogP contribution in [-0.4, -0.2) is 16.1 Å². The fraction of sp³-hybridized carbons (Fsp3) is 0.333.